The smallest absolute Gasteiger partial charge is 0.211 e. The summed E-state index contributed by atoms with van der Waals surface area (Å²) in [5.41, 5.74) is 0. The molecular formula is C12H24F2. The van der Waals surface area contributed by atoms with E-state index < -0.39 is 6.43 Å². The fraction of sp³-hybridized carbons (Fsp3) is 1.00. The number of unbranched alkanes of at least 4 members (excludes halogenated alkanes) is 8. The van der Waals surface area contributed by atoms with Crippen molar-refractivity contribution in [1.29, 1.82) is 0 Å². The first-order valence-electron chi connectivity index (χ1n) is 6.05. The Morgan fingerprint density at radius 1 is 0.714 bits per heavy atom. The number of hydrogen-bond donors (Lipinski definition) is 0. The highest BCUT2D eigenvalue weighted by molar-refractivity contribution is 4.48. The van der Waals surface area contributed by atoms with Crippen molar-refractivity contribution < 1.29 is 8.78 Å². The summed E-state index contributed by atoms with van der Waals surface area (Å²) in [5.74, 6) is 0. The molecule has 0 aromatic rings. The molecule has 0 aromatic carbocycles. The van der Waals surface area contributed by atoms with Crippen LogP contribution in [0.1, 0.15) is 71.1 Å². The summed E-state index contributed by atoms with van der Waals surface area (Å²) in [6, 6.07) is 0. The molecule has 0 aliphatic heterocycles. The number of halogens is 2. The van der Waals surface area contributed by atoms with Crippen LogP contribution in [0, 0.1) is 0 Å². The predicted octanol–water partition coefficient (Wildman–Crippen LogP) is 5.17. The van der Waals surface area contributed by atoms with Gasteiger partial charge < -0.3 is 0 Å². The molecule has 14 heavy (non-hydrogen) atoms. The van der Waals surface area contributed by atoms with Crippen LogP contribution >= 0.6 is 0 Å². The molecule has 0 atom stereocenters. The summed E-state index contributed by atoms with van der Waals surface area (Å²) in [4.78, 5) is 0. The van der Waals surface area contributed by atoms with Crippen molar-refractivity contribution in [3.63, 3.8) is 0 Å². The van der Waals surface area contributed by atoms with E-state index in [-0.39, 0.29) is 6.42 Å². The van der Waals surface area contributed by atoms with Gasteiger partial charge in [-0.15, -0.1) is 0 Å². The van der Waals surface area contributed by atoms with Gasteiger partial charge in [0.25, 0.3) is 0 Å². The molecule has 0 aliphatic rings. The highest BCUT2D eigenvalue weighted by Crippen LogP contribution is 2.12. The Morgan fingerprint density at radius 2 is 1.14 bits per heavy atom. The molecule has 86 valence electrons. The highest BCUT2D eigenvalue weighted by Gasteiger charge is 2.00. The maximum Gasteiger partial charge on any atom is 0.238 e. The fourth-order valence-electron chi connectivity index (χ4n) is 1.61. The number of rotatable bonds is 10. The molecule has 0 aliphatic carbocycles. The minimum Gasteiger partial charge on any atom is -0.211 e. The SMILES string of the molecule is CCCCCCCCCCCC(F)F. The molecule has 0 radical (unpaired) electrons. The van der Waals surface area contributed by atoms with Crippen molar-refractivity contribution in [2.45, 2.75) is 77.6 Å². The third kappa shape index (κ3) is 11.9. The van der Waals surface area contributed by atoms with Crippen LogP contribution in [0.5, 0.6) is 0 Å². The Balaban J connectivity index is 2.85. The monoisotopic (exact) mass is 206 g/mol. The Hall–Kier alpha value is -0.140. The predicted molar refractivity (Wildman–Crippen MR) is 57.8 cm³/mol. The van der Waals surface area contributed by atoms with E-state index in [4.69, 9.17) is 0 Å². The van der Waals surface area contributed by atoms with Crippen LogP contribution < -0.4 is 0 Å². The van der Waals surface area contributed by atoms with E-state index >= 15 is 0 Å². The summed E-state index contributed by atoms with van der Waals surface area (Å²) in [7, 11) is 0. The quantitative estimate of drug-likeness (QED) is 0.432. The van der Waals surface area contributed by atoms with Crippen molar-refractivity contribution in [3.05, 3.63) is 0 Å². The van der Waals surface area contributed by atoms with E-state index in [1.165, 1.54) is 38.5 Å². The normalized spacial score (nSPS) is 11.1. The van der Waals surface area contributed by atoms with Crippen LogP contribution in [0.2, 0.25) is 0 Å². The molecule has 0 aromatic heterocycles. The van der Waals surface area contributed by atoms with Gasteiger partial charge in [-0.2, -0.15) is 0 Å². The van der Waals surface area contributed by atoms with E-state index in [0.717, 1.165) is 12.8 Å². The van der Waals surface area contributed by atoms with Crippen LogP contribution in [-0.2, 0) is 0 Å². The van der Waals surface area contributed by atoms with E-state index in [1.807, 2.05) is 0 Å². The van der Waals surface area contributed by atoms with Gasteiger partial charge in [0.05, 0.1) is 0 Å². The standard InChI is InChI=1S/C12H24F2/c1-2-3-4-5-6-7-8-9-10-11-12(13)14/h12H,2-11H2,1H3. The van der Waals surface area contributed by atoms with E-state index in [9.17, 15) is 8.78 Å². The molecule has 0 fully saturated rings. The minimum absolute atomic E-state index is 0.0931. The molecule has 2 heteroatoms. The molecule has 0 nitrogen and oxygen atoms in total. The summed E-state index contributed by atoms with van der Waals surface area (Å²) in [6.45, 7) is 2.21. The summed E-state index contributed by atoms with van der Waals surface area (Å²) in [5, 5.41) is 0. The maximum absolute atomic E-state index is 11.7. The molecule has 0 bridgehead atoms. The zero-order valence-corrected chi connectivity index (χ0v) is 9.40. The second-order valence-corrected chi connectivity index (χ2v) is 4.01. The van der Waals surface area contributed by atoms with Gasteiger partial charge in [0, 0.05) is 6.42 Å². The summed E-state index contributed by atoms with van der Waals surface area (Å²) < 4.78 is 23.5. The largest absolute Gasteiger partial charge is 0.238 e. The molecular weight excluding hydrogens is 182 g/mol. The van der Waals surface area contributed by atoms with Crippen LogP contribution in [0.25, 0.3) is 0 Å². The lowest BCUT2D eigenvalue weighted by molar-refractivity contribution is 0.133. The van der Waals surface area contributed by atoms with Crippen molar-refractivity contribution in [3.8, 4) is 0 Å². The van der Waals surface area contributed by atoms with Gasteiger partial charge in [-0.05, 0) is 6.42 Å². The van der Waals surface area contributed by atoms with Gasteiger partial charge in [-0.1, -0.05) is 58.3 Å². The van der Waals surface area contributed by atoms with Crippen LogP contribution in [0.15, 0.2) is 0 Å². The van der Waals surface area contributed by atoms with E-state index in [0.29, 0.717) is 6.42 Å². The van der Waals surface area contributed by atoms with Gasteiger partial charge in [0.2, 0.25) is 6.43 Å². The maximum atomic E-state index is 11.7. The Labute approximate surface area is 87.1 Å². The Kier molecular flexibility index (Phi) is 10.8. The zero-order valence-electron chi connectivity index (χ0n) is 9.40. The first kappa shape index (κ1) is 13.9. The number of hydrogen-bond acceptors (Lipinski definition) is 0. The molecule has 0 spiro atoms. The molecule has 0 heterocycles. The second-order valence-electron chi connectivity index (χ2n) is 4.01. The third-order valence-electron chi connectivity index (χ3n) is 2.53. The van der Waals surface area contributed by atoms with Gasteiger partial charge in [-0.3, -0.25) is 0 Å². The van der Waals surface area contributed by atoms with Gasteiger partial charge in [-0.25, -0.2) is 8.78 Å². The molecule has 0 amide bonds. The van der Waals surface area contributed by atoms with Crippen molar-refractivity contribution in [2.75, 3.05) is 0 Å². The van der Waals surface area contributed by atoms with E-state index in [2.05, 4.69) is 6.92 Å². The third-order valence-corrected chi connectivity index (χ3v) is 2.53. The van der Waals surface area contributed by atoms with Crippen LogP contribution in [-0.4, -0.2) is 6.43 Å². The summed E-state index contributed by atoms with van der Waals surface area (Å²) >= 11 is 0. The zero-order chi connectivity index (χ0) is 10.6. The first-order valence-corrected chi connectivity index (χ1v) is 6.05. The lowest BCUT2D eigenvalue weighted by atomic mass is 10.1. The Morgan fingerprint density at radius 3 is 1.57 bits per heavy atom. The lowest BCUT2D eigenvalue weighted by Crippen LogP contribution is -1.89. The first-order chi connectivity index (χ1) is 6.77. The molecule has 0 saturated heterocycles. The van der Waals surface area contributed by atoms with E-state index in [1.54, 1.807) is 0 Å². The molecule has 0 rings (SSSR count). The fourth-order valence-corrected chi connectivity index (χ4v) is 1.61. The average molecular weight is 206 g/mol. The topological polar surface area (TPSA) is 0 Å². The summed E-state index contributed by atoms with van der Waals surface area (Å²) in [6.07, 6.45) is 8.62. The van der Waals surface area contributed by atoms with Crippen molar-refractivity contribution in [2.24, 2.45) is 0 Å². The molecule has 0 saturated carbocycles. The van der Waals surface area contributed by atoms with Crippen LogP contribution in [0.3, 0.4) is 0 Å². The van der Waals surface area contributed by atoms with Gasteiger partial charge >= 0.3 is 0 Å². The van der Waals surface area contributed by atoms with Gasteiger partial charge in [0.15, 0.2) is 0 Å². The Bertz CT molecular complexity index is 102. The average Bonchev–Trinajstić information content (AvgIpc) is 2.15. The van der Waals surface area contributed by atoms with Gasteiger partial charge in [0.1, 0.15) is 0 Å². The van der Waals surface area contributed by atoms with Crippen molar-refractivity contribution in [1.82, 2.24) is 0 Å². The molecule has 0 unspecified atom stereocenters. The van der Waals surface area contributed by atoms with Crippen molar-refractivity contribution >= 4 is 0 Å². The number of alkyl halides is 2. The molecule has 0 N–H and O–H groups in total. The second kappa shape index (κ2) is 10.9. The minimum atomic E-state index is -2.10. The highest BCUT2D eigenvalue weighted by atomic mass is 19.3. The van der Waals surface area contributed by atoms with Crippen LogP contribution in [0.4, 0.5) is 8.78 Å². The lowest BCUT2D eigenvalue weighted by Gasteiger charge is -2.01.